The number of aromatic hydroxyl groups is 1. The van der Waals surface area contributed by atoms with Crippen LogP contribution in [0.15, 0.2) is 41.5 Å². The molecule has 2 atom stereocenters. The molecule has 0 radical (unpaired) electrons. The zero-order valence-electron chi connectivity index (χ0n) is 14.4. The Balaban J connectivity index is 1.48. The zero-order chi connectivity index (χ0) is 17.2. The molecule has 2 N–H and O–H groups in total. The molecule has 4 heteroatoms. The number of fused-ring (bicyclic) bond motifs is 2. The van der Waals surface area contributed by atoms with Gasteiger partial charge in [0, 0.05) is 5.71 Å². The van der Waals surface area contributed by atoms with Crippen LogP contribution in [0.4, 0.5) is 0 Å². The Morgan fingerprint density at radius 1 is 1.04 bits per heavy atom. The molecule has 0 unspecified atom stereocenters. The summed E-state index contributed by atoms with van der Waals surface area (Å²) in [5.41, 5.74) is 4.03. The summed E-state index contributed by atoms with van der Waals surface area (Å²) in [5.74, 6) is 1.24. The van der Waals surface area contributed by atoms with Gasteiger partial charge in [0.2, 0.25) is 0 Å². The Morgan fingerprint density at radius 3 is 2.56 bits per heavy atom. The molecule has 2 aromatic carbocycles. The number of benzene rings is 2. The van der Waals surface area contributed by atoms with E-state index in [0.29, 0.717) is 0 Å². The van der Waals surface area contributed by atoms with E-state index in [0.717, 1.165) is 41.2 Å². The van der Waals surface area contributed by atoms with E-state index in [1.54, 1.807) is 12.1 Å². The summed E-state index contributed by atoms with van der Waals surface area (Å²) in [5, 5.41) is 16.4. The number of nitrogens with zero attached hydrogens (tertiary/aromatic N) is 1. The van der Waals surface area contributed by atoms with Gasteiger partial charge < -0.3 is 5.11 Å². The highest BCUT2D eigenvalue weighted by atomic mass is 16.3. The highest BCUT2D eigenvalue weighted by Gasteiger charge is 2.30. The lowest BCUT2D eigenvalue weighted by molar-refractivity contribution is 0.0951. The summed E-state index contributed by atoms with van der Waals surface area (Å²) in [4.78, 5) is 12.5. The molecule has 2 saturated carbocycles. The molecule has 4 rings (SSSR count). The average Bonchev–Trinajstić information content (AvgIpc) is 2.65. The van der Waals surface area contributed by atoms with E-state index in [2.05, 4.69) is 10.5 Å². The van der Waals surface area contributed by atoms with E-state index in [1.165, 1.54) is 32.1 Å². The largest absolute Gasteiger partial charge is 0.507 e. The molecule has 2 fully saturated rings. The second kappa shape index (κ2) is 6.87. The molecular formula is C21H24N2O2. The Labute approximate surface area is 147 Å². The van der Waals surface area contributed by atoms with Crippen LogP contribution in [0.3, 0.4) is 0 Å². The van der Waals surface area contributed by atoms with Crippen LogP contribution in [-0.2, 0) is 0 Å². The molecule has 4 nitrogen and oxygen atoms in total. The van der Waals surface area contributed by atoms with Gasteiger partial charge in [-0.3, -0.25) is 4.79 Å². The quantitative estimate of drug-likeness (QED) is 0.786. The maximum absolute atomic E-state index is 12.5. The van der Waals surface area contributed by atoms with Crippen molar-refractivity contribution in [3.05, 3.63) is 42.0 Å². The molecule has 0 saturated heterocycles. The number of carbonyl (C=O) groups excluding carboxylic acids is 1. The van der Waals surface area contributed by atoms with Crippen molar-refractivity contribution in [2.24, 2.45) is 16.9 Å². The number of amides is 1. The van der Waals surface area contributed by atoms with Gasteiger partial charge in [0.1, 0.15) is 5.75 Å². The number of hydrogen-bond donors (Lipinski definition) is 2. The first kappa shape index (κ1) is 16.1. The maximum Gasteiger partial charge on any atom is 0.275 e. The van der Waals surface area contributed by atoms with Crippen LogP contribution in [0.1, 0.15) is 55.3 Å². The van der Waals surface area contributed by atoms with Crippen LogP contribution >= 0.6 is 0 Å². The molecule has 0 aromatic heterocycles. The van der Waals surface area contributed by atoms with Crippen LogP contribution < -0.4 is 5.43 Å². The van der Waals surface area contributed by atoms with Gasteiger partial charge in [-0.15, -0.1) is 0 Å². The minimum atomic E-state index is -0.346. The van der Waals surface area contributed by atoms with Crippen molar-refractivity contribution in [2.75, 3.05) is 0 Å². The van der Waals surface area contributed by atoms with E-state index in [9.17, 15) is 9.90 Å². The fourth-order valence-corrected chi connectivity index (χ4v) is 4.39. The molecule has 0 bridgehead atoms. The first-order chi connectivity index (χ1) is 12.2. The fraction of sp³-hybridized carbons (Fsp3) is 0.429. The number of carbonyl (C=O) groups is 1. The fourth-order valence-electron chi connectivity index (χ4n) is 4.39. The standard InChI is InChI=1S/C21H24N2O2/c24-20-13-17-8-4-3-7-16(17)12-19(20)21(25)23-22-18-10-9-14-5-1-2-6-15(14)11-18/h3-4,7-8,12-15,24H,1-2,5-6,9-11H2,(H,23,25)/b22-18-/t14-,15+/m1/s1. The van der Waals surface area contributed by atoms with Crippen molar-refractivity contribution in [3.8, 4) is 5.75 Å². The summed E-state index contributed by atoms with van der Waals surface area (Å²) in [6.45, 7) is 0. The Hall–Kier alpha value is -2.36. The molecule has 2 aliphatic rings. The highest BCUT2D eigenvalue weighted by molar-refractivity contribution is 6.02. The van der Waals surface area contributed by atoms with Crippen molar-refractivity contribution in [1.29, 1.82) is 0 Å². The molecular weight excluding hydrogens is 312 g/mol. The van der Waals surface area contributed by atoms with Crippen LogP contribution in [0, 0.1) is 11.8 Å². The van der Waals surface area contributed by atoms with Crippen molar-refractivity contribution in [3.63, 3.8) is 0 Å². The van der Waals surface area contributed by atoms with Crippen LogP contribution in [0.25, 0.3) is 10.8 Å². The predicted molar refractivity (Wildman–Crippen MR) is 99.8 cm³/mol. The third kappa shape index (κ3) is 3.39. The average molecular weight is 336 g/mol. The van der Waals surface area contributed by atoms with E-state index in [4.69, 9.17) is 0 Å². The lowest BCUT2D eigenvalue weighted by Gasteiger charge is -2.35. The van der Waals surface area contributed by atoms with Crippen molar-refractivity contribution >= 4 is 22.4 Å². The van der Waals surface area contributed by atoms with Crippen molar-refractivity contribution in [2.45, 2.75) is 44.9 Å². The molecule has 1 amide bonds. The first-order valence-electron chi connectivity index (χ1n) is 9.28. The van der Waals surface area contributed by atoms with E-state index in [1.807, 2.05) is 24.3 Å². The topological polar surface area (TPSA) is 61.7 Å². The molecule has 0 heterocycles. The van der Waals surface area contributed by atoms with Gasteiger partial charge in [-0.25, -0.2) is 5.43 Å². The van der Waals surface area contributed by atoms with Crippen molar-refractivity contribution < 1.29 is 9.90 Å². The minimum Gasteiger partial charge on any atom is -0.507 e. The Morgan fingerprint density at radius 2 is 1.76 bits per heavy atom. The van der Waals surface area contributed by atoms with Gasteiger partial charge >= 0.3 is 0 Å². The summed E-state index contributed by atoms with van der Waals surface area (Å²) in [6.07, 6.45) is 8.52. The zero-order valence-corrected chi connectivity index (χ0v) is 14.4. The predicted octanol–water partition coefficient (Wildman–Crippen LogP) is 4.62. The highest BCUT2D eigenvalue weighted by Crippen LogP contribution is 2.39. The van der Waals surface area contributed by atoms with Crippen LogP contribution in [0.2, 0.25) is 0 Å². The van der Waals surface area contributed by atoms with Gasteiger partial charge in [0.15, 0.2) is 0 Å². The SMILES string of the molecule is O=C(N/N=C1/CC[C@H]2CCCC[C@H]2C1)c1cc2ccccc2cc1O. The summed E-state index contributed by atoms with van der Waals surface area (Å²) in [7, 11) is 0. The van der Waals surface area contributed by atoms with Crippen LogP contribution in [0.5, 0.6) is 5.75 Å². The van der Waals surface area contributed by atoms with Crippen LogP contribution in [-0.4, -0.2) is 16.7 Å². The van der Waals surface area contributed by atoms with E-state index >= 15 is 0 Å². The summed E-state index contributed by atoms with van der Waals surface area (Å²) in [6, 6.07) is 11.0. The third-order valence-corrected chi connectivity index (χ3v) is 5.79. The summed E-state index contributed by atoms with van der Waals surface area (Å²) >= 11 is 0. The molecule has 2 aliphatic carbocycles. The van der Waals surface area contributed by atoms with E-state index < -0.39 is 0 Å². The number of hydrogen-bond acceptors (Lipinski definition) is 3. The van der Waals surface area contributed by atoms with Gasteiger partial charge in [-0.05, 0) is 60.4 Å². The molecule has 0 aliphatic heterocycles. The molecule has 0 spiro atoms. The lowest BCUT2D eigenvalue weighted by Crippen LogP contribution is -2.29. The number of hydrazone groups is 1. The summed E-state index contributed by atoms with van der Waals surface area (Å²) < 4.78 is 0. The minimum absolute atomic E-state index is 0.00705. The third-order valence-electron chi connectivity index (χ3n) is 5.79. The monoisotopic (exact) mass is 336 g/mol. The normalized spacial score (nSPS) is 24.9. The lowest BCUT2D eigenvalue weighted by atomic mass is 9.70. The molecule has 2 aromatic rings. The second-order valence-corrected chi connectivity index (χ2v) is 7.38. The Bertz CT molecular complexity index is 828. The van der Waals surface area contributed by atoms with E-state index in [-0.39, 0.29) is 17.2 Å². The second-order valence-electron chi connectivity index (χ2n) is 7.38. The van der Waals surface area contributed by atoms with Gasteiger partial charge in [0.05, 0.1) is 5.56 Å². The van der Waals surface area contributed by atoms with Crippen molar-refractivity contribution in [1.82, 2.24) is 5.43 Å². The number of phenols is 1. The number of phenolic OH excluding ortho intramolecular Hbond substituents is 1. The number of nitrogens with one attached hydrogen (secondary N) is 1. The molecule has 25 heavy (non-hydrogen) atoms. The van der Waals surface area contributed by atoms with Gasteiger partial charge in [-0.1, -0.05) is 43.5 Å². The van der Waals surface area contributed by atoms with Gasteiger partial charge in [0.25, 0.3) is 5.91 Å². The van der Waals surface area contributed by atoms with Gasteiger partial charge in [-0.2, -0.15) is 5.10 Å². The first-order valence-corrected chi connectivity index (χ1v) is 9.28. The smallest absolute Gasteiger partial charge is 0.275 e. The number of rotatable bonds is 2. The Kier molecular flexibility index (Phi) is 4.43. The molecule has 130 valence electrons. The maximum atomic E-state index is 12.5.